The van der Waals surface area contributed by atoms with Crippen LogP contribution in [0.2, 0.25) is 5.02 Å². The van der Waals surface area contributed by atoms with Gasteiger partial charge in [-0.2, -0.15) is 0 Å². The van der Waals surface area contributed by atoms with Crippen molar-refractivity contribution in [3.63, 3.8) is 0 Å². The lowest BCUT2D eigenvalue weighted by Crippen LogP contribution is -1.96. The third-order valence-corrected chi connectivity index (χ3v) is 3.07. The van der Waals surface area contributed by atoms with Gasteiger partial charge in [0.1, 0.15) is 5.69 Å². The fraction of sp³-hybridized carbons (Fsp3) is 0.286. The zero-order valence-corrected chi connectivity index (χ0v) is 9.03. The molecule has 0 N–H and O–H groups in total. The van der Waals surface area contributed by atoms with Crippen molar-refractivity contribution >= 4 is 34.2 Å². The molecule has 0 spiro atoms. The maximum absolute atomic E-state index is 12.2. The fourth-order valence-corrected chi connectivity index (χ4v) is 1.48. The second kappa shape index (κ2) is 3.83. The second-order valence-corrected chi connectivity index (χ2v) is 3.77. The van der Waals surface area contributed by atoms with Crippen molar-refractivity contribution in [2.45, 2.75) is 13.3 Å². The molecule has 0 atom stereocenters. The molecule has 1 heterocycles. The molecule has 0 aliphatic rings. The molecule has 1 aromatic heterocycles. The molecule has 5 heteroatoms. The summed E-state index contributed by atoms with van der Waals surface area (Å²) in [6.07, 6.45) is -1.21. The van der Waals surface area contributed by atoms with Crippen LogP contribution in [0, 0.1) is 10.5 Å². The zero-order chi connectivity index (χ0) is 9.30. The van der Waals surface area contributed by atoms with Crippen LogP contribution in [-0.2, 0) is 0 Å². The number of nitrogens with zero attached hydrogens (tertiary/aromatic N) is 1. The quantitative estimate of drug-likeness (QED) is 0.723. The summed E-state index contributed by atoms with van der Waals surface area (Å²) in [5.74, 6) is 0. The largest absolute Gasteiger partial charge is 0.280 e. The molecular formula is C7H5ClF2IN. The highest BCUT2D eigenvalue weighted by molar-refractivity contribution is 14.1. The van der Waals surface area contributed by atoms with Gasteiger partial charge in [0.25, 0.3) is 6.43 Å². The molecule has 0 fully saturated rings. The van der Waals surface area contributed by atoms with Crippen molar-refractivity contribution in [3.05, 3.63) is 26.0 Å². The van der Waals surface area contributed by atoms with Crippen molar-refractivity contribution < 1.29 is 8.78 Å². The van der Waals surface area contributed by atoms with Crippen LogP contribution >= 0.6 is 34.2 Å². The summed E-state index contributed by atoms with van der Waals surface area (Å²) in [5, 5.41) is 0.362. The molecule has 0 radical (unpaired) electrons. The first kappa shape index (κ1) is 10.1. The molecule has 0 bridgehead atoms. The molecule has 1 nitrogen and oxygen atoms in total. The van der Waals surface area contributed by atoms with Gasteiger partial charge < -0.3 is 0 Å². The molecular weight excluding hydrogens is 298 g/mol. The summed E-state index contributed by atoms with van der Waals surface area (Å²) in [4.78, 5) is 3.60. The van der Waals surface area contributed by atoms with Crippen LogP contribution < -0.4 is 0 Å². The summed E-state index contributed by atoms with van der Waals surface area (Å²) in [7, 11) is 0. The Balaban J connectivity index is 3.27. The first-order valence-electron chi connectivity index (χ1n) is 3.12. The molecule has 1 rings (SSSR count). The Morgan fingerprint density at radius 2 is 2.17 bits per heavy atom. The van der Waals surface area contributed by atoms with Crippen LogP contribution in [0.5, 0.6) is 0 Å². The summed E-state index contributed by atoms with van der Waals surface area (Å²) in [6.45, 7) is 1.54. The number of rotatable bonds is 1. The lowest BCUT2D eigenvalue weighted by molar-refractivity contribution is 0.145. The summed E-state index contributed by atoms with van der Waals surface area (Å²) in [6, 6.07) is 0. The number of hydrogen-bond acceptors (Lipinski definition) is 1. The van der Waals surface area contributed by atoms with Gasteiger partial charge in [-0.25, -0.2) is 8.78 Å². The van der Waals surface area contributed by atoms with E-state index in [0.29, 0.717) is 14.2 Å². The van der Waals surface area contributed by atoms with E-state index in [2.05, 4.69) is 4.98 Å². The molecule has 12 heavy (non-hydrogen) atoms. The highest BCUT2D eigenvalue weighted by atomic mass is 127. The minimum Gasteiger partial charge on any atom is -0.254 e. The highest BCUT2D eigenvalue weighted by Crippen LogP contribution is 2.28. The van der Waals surface area contributed by atoms with Gasteiger partial charge in [0, 0.05) is 6.20 Å². The Morgan fingerprint density at radius 1 is 1.58 bits per heavy atom. The summed E-state index contributed by atoms with van der Waals surface area (Å²) in [5.41, 5.74) is 0.124. The molecule has 0 aliphatic heterocycles. The lowest BCUT2D eigenvalue weighted by atomic mass is 10.2. The second-order valence-electron chi connectivity index (χ2n) is 2.23. The predicted octanol–water partition coefficient (Wildman–Crippen LogP) is 3.59. The number of alkyl halides is 2. The van der Waals surface area contributed by atoms with Gasteiger partial charge in [-0.3, -0.25) is 4.98 Å². The van der Waals surface area contributed by atoms with Gasteiger partial charge in [0.05, 0.1) is 8.59 Å². The Labute approximate surface area is 87.3 Å². The summed E-state index contributed by atoms with van der Waals surface area (Å²) >= 11 is 7.70. The Kier molecular flexibility index (Phi) is 3.22. The van der Waals surface area contributed by atoms with Gasteiger partial charge in [0.15, 0.2) is 0 Å². The first-order valence-corrected chi connectivity index (χ1v) is 4.58. The molecule has 0 unspecified atom stereocenters. The van der Waals surface area contributed by atoms with Gasteiger partial charge in [-0.15, -0.1) is 0 Å². The van der Waals surface area contributed by atoms with E-state index in [4.69, 9.17) is 11.6 Å². The van der Waals surface area contributed by atoms with Crippen LogP contribution in [-0.4, -0.2) is 4.98 Å². The Morgan fingerprint density at radius 3 is 2.67 bits per heavy atom. The average molecular weight is 303 g/mol. The van der Waals surface area contributed by atoms with E-state index < -0.39 is 6.43 Å². The topological polar surface area (TPSA) is 12.9 Å². The van der Waals surface area contributed by atoms with E-state index in [1.54, 1.807) is 6.92 Å². The van der Waals surface area contributed by atoms with E-state index in [1.807, 2.05) is 22.6 Å². The SMILES string of the molecule is Cc1c(C(F)F)ncc(I)c1Cl. The van der Waals surface area contributed by atoms with Crippen LogP contribution in [0.4, 0.5) is 8.78 Å². The average Bonchev–Trinajstić information content (AvgIpc) is 2.00. The number of hydrogen-bond donors (Lipinski definition) is 0. The molecule has 0 saturated carbocycles. The van der Waals surface area contributed by atoms with E-state index in [1.165, 1.54) is 6.20 Å². The van der Waals surface area contributed by atoms with Crippen molar-refractivity contribution in [3.8, 4) is 0 Å². The molecule has 0 amide bonds. The fourth-order valence-electron chi connectivity index (χ4n) is 0.791. The molecule has 1 aromatic rings. The standard InChI is InChI=1S/C7H5ClF2IN/c1-3-5(8)4(11)2-12-6(3)7(9)10/h2,7H,1H3. The third-order valence-electron chi connectivity index (χ3n) is 1.45. The van der Waals surface area contributed by atoms with E-state index in [-0.39, 0.29) is 5.69 Å². The van der Waals surface area contributed by atoms with Crippen LogP contribution in [0.1, 0.15) is 17.7 Å². The van der Waals surface area contributed by atoms with Crippen molar-refractivity contribution in [1.29, 1.82) is 0 Å². The maximum Gasteiger partial charge on any atom is 0.280 e. The Hall–Kier alpha value is 0.0300. The van der Waals surface area contributed by atoms with Crippen molar-refractivity contribution in [2.24, 2.45) is 0 Å². The van der Waals surface area contributed by atoms with Gasteiger partial charge in [-0.1, -0.05) is 11.6 Å². The monoisotopic (exact) mass is 303 g/mol. The van der Waals surface area contributed by atoms with Gasteiger partial charge in [0.2, 0.25) is 0 Å². The van der Waals surface area contributed by atoms with E-state index >= 15 is 0 Å². The van der Waals surface area contributed by atoms with E-state index in [9.17, 15) is 8.78 Å². The lowest BCUT2D eigenvalue weighted by Gasteiger charge is -2.05. The number of aromatic nitrogens is 1. The third kappa shape index (κ3) is 1.85. The number of pyridine rings is 1. The highest BCUT2D eigenvalue weighted by Gasteiger charge is 2.15. The van der Waals surface area contributed by atoms with Crippen LogP contribution in [0.25, 0.3) is 0 Å². The van der Waals surface area contributed by atoms with Crippen LogP contribution in [0.3, 0.4) is 0 Å². The van der Waals surface area contributed by atoms with Crippen molar-refractivity contribution in [1.82, 2.24) is 4.98 Å². The minimum atomic E-state index is -2.56. The van der Waals surface area contributed by atoms with Crippen molar-refractivity contribution in [2.75, 3.05) is 0 Å². The molecule has 66 valence electrons. The Bertz CT molecular complexity index is 304. The molecule has 0 saturated heterocycles. The van der Waals surface area contributed by atoms with E-state index in [0.717, 1.165) is 0 Å². The van der Waals surface area contributed by atoms with Gasteiger partial charge in [-0.05, 0) is 35.1 Å². The number of halogens is 4. The normalized spacial score (nSPS) is 10.8. The summed E-state index contributed by atoms with van der Waals surface area (Å²) < 4.78 is 25.1. The minimum absolute atomic E-state index is 0.236. The maximum atomic E-state index is 12.2. The smallest absolute Gasteiger partial charge is 0.254 e. The molecule has 0 aromatic carbocycles. The van der Waals surface area contributed by atoms with Gasteiger partial charge >= 0.3 is 0 Å². The van der Waals surface area contributed by atoms with Crippen LogP contribution in [0.15, 0.2) is 6.20 Å². The predicted molar refractivity (Wildman–Crippen MR) is 51.7 cm³/mol. The zero-order valence-electron chi connectivity index (χ0n) is 6.11. The first-order chi connectivity index (χ1) is 5.54. The molecule has 0 aliphatic carbocycles.